The fourth-order valence-electron chi connectivity index (χ4n) is 3.05. The van der Waals surface area contributed by atoms with Crippen LogP contribution < -0.4 is 5.56 Å². The van der Waals surface area contributed by atoms with Crippen LogP contribution in [0.1, 0.15) is 23.5 Å². The van der Waals surface area contributed by atoms with Crippen LogP contribution in [0, 0.1) is 11.6 Å². The Balaban J connectivity index is 1.82. The highest BCUT2D eigenvalue weighted by Crippen LogP contribution is 2.36. The fraction of sp³-hybridized carbons (Fsp3) is 0.143. The van der Waals surface area contributed by atoms with Crippen molar-refractivity contribution in [1.82, 2.24) is 9.55 Å². The molecule has 1 atom stereocenters. The SMILES string of the molecule is CC(Sc1nc2ccccc2c(=O)n1Cc1ccco1)c1c(F)cccc1F. The lowest BCUT2D eigenvalue weighted by atomic mass is 10.1. The molecule has 0 saturated carbocycles. The summed E-state index contributed by atoms with van der Waals surface area (Å²) >= 11 is 1.13. The predicted molar refractivity (Wildman–Crippen MR) is 104 cm³/mol. The van der Waals surface area contributed by atoms with E-state index in [1.807, 2.05) is 0 Å². The van der Waals surface area contributed by atoms with Crippen molar-refractivity contribution in [3.63, 3.8) is 0 Å². The van der Waals surface area contributed by atoms with Crippen LogP contribution in [-0.4, -0.2) is 9.55 Å². The molecule has 0 aliphatic heterocycles. The molecule has 2 heterocycles. The molecule has 0 aliphatic rings. The van der Waals surface area contributed by atoms with Crippen LogP contribution in [0.25, 0.3) is 10.9 Å². The molecule has 0 N–H and O–H groups in total. The highest BCUT2D eigenvalue weighted by atomic mass is 32.2. The zero-order valence-corrected chi connectivity index (χ0v) is 15.7. The second-order valence-corrected chi connectivity index (χ2v) is 7.59. The molecule has 2 aromatic heterocycles. The van der Waals surface area contributed by atoms with Gasteiger partial charge >= 0.3 is 0 Å². The van der Waals surface area contributed by atoms with E-state index in [0.717, 1.165) is 11.8 Å². The van der Waals surface area contributed by atoms with Crippen LogP contribution in [0.5, 0.6) is 0 Å². The number of benzene rings is 2. The minimum absolute atomic E-state index is 0.0422. The molecule has 2 aromatic carbocycles. The van der Waals surface area contributed by atoms with Gasteiger partial charge in [0.25, 0.3) is 5.56 Å². The van der Waals surface area contributed by atoms with E-state index in [1.165, 1.54) is 29.0 Å². The number of nitrogens with zero attached hydrogens (tertiary/aromatic N) is 2. The molecular weight excluding hydrogens is 382 g/mol. The molecule has 0 aliphatic carbocycles. The lowest BCUT2D eigenvalue weighted by Crippen LogP contribution is -2.24. The Morgan fingerprint density at radius 2 is 1.82 bits per heavy atom. The standard InChI is InChI=1S/C21H16F2N2O2S/c1-13(19-16(22)8-4-9-17(19)23)28-21-24-18-10-3-2-7-15(18)20(26)25(21)12-14-6-5-11-27-14/h2-11,13H,12H2,1H3. The van der Waals surface area contributed by atoms with Gasteiger partial charge in [0, 0.05) is 10.8 Å². The van der Waals surface area contributed by atoms with Gasteiger partial charge in [0.15, 0.2) is 5.16 Å². The third-order valence-electron chi connectivity index (χ3n) is 4.41. The van der Waals surface area contributed by atoms with Gasteiger partial charge in [-0.05, 0) is 43.3 Å². The zero-order chi connectivity index (χ0) is 19.7. The predicted octanol–water partition coefficient (Wildman–Crippen LogP) is 5.17. The minimum Gasteiger partial charge on any atom is -0.467 e. The lowest BCUT2D eigenvalue weighted by molar-refractivity contribution is 0.476. The van der Waals surface area contributed by atoms with Crippen molar-refractivity contribution >= 4 is 22.7 Å². The van der Waals surface area contributed by atoms with Crippen LogP contribution in [0.2, 0.25) is 0 Å². The first-order chi connectivity index (χ1) is 13.5. The average Bonchev–Trinajstić information content (AvgIpc) is 3.18. The second-order valence-electron chi connectivity index (χ2n) is 6.28. The van der Waals surface area contributed by atoms with Crippen molar-refractivity contribution in [2.45, 2.75) is 23.9 Å². The van der Waals surface area contributed by atoms with E-state index in [2.05, 4.69) is 4.98 Å². The van der Waals surface area contributed by atoms with Gasteiger partial charge in [-0.3, -0.25) is 9.36 Å². The Labute approximate surface area is 163 Å². The van der Waals surface area contributed by atoms with Crippen molar-refractivity contribution in [3.8, 4) is 0 Å². The van der Waals surface area contributed by atoms with E-state index in [-0.39, 0.29) is 17.7 Å². The van der Waals surface area contributed by atoms with Gasteiger partial charge in [-0.15, -0.1) is 0 Å². The number of fused-ring (bicyclic) bond motifs is 1. The molecule has 4 rings (SSSR count). The number of rotatable bonds is 5. The Kier molecular flexibility index (Phi) is 5.00. The number of furan rings is 1. The summed E-state index contributed by atoms with van der Waals surface area (Å²) in [6.45, 7) is 1.86. The molecule has 7 heteroatoms. The zero-order valence-electron chi connectivity index (χ0n) is 14.9. The summed E-state index contributed by atoms with van der Waals surface area (Å²) < 4.78 is 35.2. The van der Waals surface area contributed by atoms with Gasteiger partial charge in [-0.2, -0.15) is 0 Å². The average molecular weight is 398 g/mol. The molecule has 0 spiro atoms. The maximum Gasteiger partial charge on any atom is 0.262 e. The topological polar surface area (TPSA) is 48.0 Å². The van der Waals surface area contributed by atoms with E-state index in [4.69, 9.17) is 4.42 Å². The molecule has 0 amide bonds. The van der Waals surface area contributed by atoms with Crippen molar-refractivity contribution in [2.24, 2.45) is 0 Å². The molecule has 142 valence electrons. The quantitative estimate of drug-likeness (QED) is 0.344. The molecule has 0 saturated heterocycles. The van der Waals surface area contributed by atoms with Crippen LogP contribution in [0.15, 0.2) is 75.2 Å². The van der Waals surface area contributed by atoms with Crippen LogP contribution in [0.4, 0.5) is 8.78 Å². The van der Waals surface area contributed by atoms with Crippen LogP contribution >= 0.6 is 11.8 Å². The largest absolute Gasteiger partial charge is 0.467 e. The first-order valence-corrected chi connectivity index (χ1v) is 9.55. The molecule has 0 bridgehead atoms. The Morgan fingerprint density at radius 1 is 1.07 bits per heavy atom. The van der Waals surface area contributed by atoms with Gasteiger partial charge in [-0.1, -0.05) is 30.0 Å². The lowest BCUT2D eigenvalue weighted by Gasteiger charge is -2.17. The van der Waals surface area contributed by atoms with E-state index in [1.54, 1.807) is 43.3 Å². The molecule has 0 fully saturated rings. The van der Waals surface area contributed by atoms with Crippen molar-refractivity contribution in [1.29, 1.82) is 0 Å². The van der Waals surface area contributed by atoms with Gasteiger partial charge < -0.3 is 4.42 Å². The van der Waals surface area contributed by atoms with E-state index >= 15 is 0 Å². The smallest absolute Gasteiger partial charge is 0.262 e. The monoisotopic (exact) mass is 398 g/mol. The first kappa shape index (κ1) is 18.4. The van der Waals surface area contributed by atoms with Gasteiger partial charge in [0.05, 0.1) is 23.7 Å². The molecule has 4 aromatic rings. The molecule has 4 nitrogen and oxygen atoms in total. The minimum atomic E-state index is -0.624. The van der Waals surface area contributed by atoms with Gasteiger partial charge in [-0.25, -0.2) is 13.8 Å². The highest BCUT2D eigenvalue weighted by molar-refractivity contribution is 7.99. The Morgan fingerprint density at radius 3 is 2.54 bits per heavy atom. The summed E-state index contributed by atoms with van der Waals surface area (Å²) in [5.74, 6) is -0.660. The summed E-state index contributed by atoms with van der Waals surface area (Å²) in [7, 11) is 0. The van der Waals surface area contributed by atoms with Crippen molar-refractivity contribution in [2.75, 3.05) is 0 Å². The normalized spacial score (nSPS) is 12.4. The van der Waals surface area contributed by atoms with Crippen LogP contribution in [0.3, 0.4) is 0 Å². The van der Waals surface area contributed by atoms with E-state index < -0.39 is 16.9 Å². The molecule has 0 radical (unpaired) electrons. The number of halogens is 2. The maximum atomic E-state index is 14.2. The van der Waals surface area contributed by atoms with Gasteiger partial charge in [0.1, 0.15) is 17.4 Å². The highest BCUT2D eigenvalue weighted by Gasteiger charge is 2.21. The number of hydrogen-bond donors (Lipinski definition) is 0. The Bertz CT molecular complexity index is 1170. The number of hydrogen-bond acceptors (Lipinski definition) is 4. The number of para-hydroxylation sites is 1. The molecule has 28 heavy (non-hydrogen) atoms. The summed E-state index contributed by atoms with van der Waals surface area (Å²) in [6.07, 6.45) is 1.53. The summed E-state index contributed by atoms with van der Waals surface area (Å²) in [5, 5.41) is 0.260. The second kappa shape index (κ2) is 7.59. The van der Waals surface area contributed by atoms with Crippen LogP contribution in [-0.2, 0) is 6.54 Å². The summed E-state index contributed by atoms with van der Waals surface area (Å²) in [4.78, 5) is 17.6. The van der Waals surface area contributed by atoms with Crippen molar-refractivity contribution < 1.29 is 13.2 Å². The first-order valence-electron chi connectivity index (χ1n) is 8.67. The Hall–Kier alpha value is -2.93. The number of thioether (sulfide) groups is 1. The molecular formula is C21H16F2N2O2S. The summed E-state index contributed by atoms with van der Waals surface area (Å²) in [6, 6.07) is 14.3. The molecule has 1 unspecified atom stereocenters. The van der Waals surface area contributed by atoms with Gasteiger partial charge in [0.2, 0.25) is 0 Å². The third-order valence-corrected chi connectivity index (χ3v) is 5.52. The fourth-order valence-corrected chi connectivity index (χ4v) is 4.14. The van der Waals surface area contributed by atoms with E-state index in [0.29, 0.717) is 21.8 Å². The summed E-state index contributed by atoms with van der Waals surface area (Å²) in [5.41, 5.74) is 0.261. The van der Waals surface area contributed by atoms with Crippen molar-refractivity contribution in [3.05, 3.63) is 94.2 Å². The number of aromatic nitrogens is 2. The third kappa shape index (κ3) is 3.45. The maximum absolute atomic E-state index is 14.2. The van der Waals surface area contributed by atoms with E-state index in [9.17, 15) is 13.6 Å².